The lowest BCUT2D eigenvalue weighted by Crippen LogP contribution is -1.94. The van der Waals surface area contributed by atoms with Gasteiger partial charge in [-0.05, 0) is 48.2 Å². The van der Waals surface area contributed by atoms with Crippen LogP contribution in [0.1, 0.15) is 19.4 Å². The van der Waals surface area contributed by atoms with Gasteiger partial charge in [0, 0.05) is 5.69 Å². The number of anilines is 1. The smallest absolute Gasteiger partial charge is 0.146 e. The summed E-state index contributed by atoms with van der Waals surface area (Å²) >= 11 is 6.07. The van der Waals surface area contributed by atoms with Crippen molar-refractivity contribution in [1.82, 2.24) is 0 Å². The molecular weight excluding hydrogens is 258 g/mol. The first-order valence-corrected chi connectivity index (χ1v) is 6.74. The summed E-state index contributed by atoms with van der Waals surface area (Å²) < 4.78 is 5.74. The highest BCUT2D eigenvalue weighted by molar-refractivity contribution is 6.32. The fourth-order valence-corrected chi connectivity index (χ4v) is 2.12. The van der Waals surface area contributed by atoms with E-state index in [1.54, 1.807) is 18.2 Å². The molecule has 2 N–H and O–H groups in total. The van der Waals surface area contributed by atoms with Crippen LogP contribution in [-0.2, 0) is 6.42 Å². The molecule has 19 heavy (non-hydrogen) atoms. The van der Waals surface area contributed by atoms with E-state index in [2.05, 4.69) is 26.0 Å². The van der Waals surface area contributed by atoms with Gasteiger partial charge in [-0.3, -0.25) is 0 Å². The van der Waals surface area contributed by atoms with Crippen molar-refractivity contribution in [2.45, 2.75) is 20.3 Å². The van der Waals surface area contributed by atoms with Gasteiger partial charge in [0.2, 0.25) is 0 Å². The maximum absolute atomic E-state index is 6.07. The summed E-state index contributed by atoms with van der Waals surface area (Å²) in [4.78, 5) is 0. The Morgan fingerprint density at radius 2 is 1.79 bits per heavy atom. The molecule has 2 rings (SSSR count). The molecule has 0 aromatic heterocycles. The molecule has 0 aliphatic carbocycles. The molecule has 0 amide bonds. The van der Waals surface area contributed by atoms with E-state index < -0.39 is 0 Å². The van der Waals surface area contributed by atoms with Crippen molar-refractivity contribution in [3.63, 3.8) is 0 Å². The highest BCUT2D eigenvalue weighted by Crippen LogP contribution is 2.31. The molecule has 0 saturated heterocycles. The second-order valence-electron chi connectivity index (χ2n) is 5.03. The van der Waals surface area contributed by atoms with Crippen LogP contribution in [0, 0.1) is 5.92 Å². The predicted molar refractivity (Wildman–Crippen MR) is 80.9 cm³/mol. The maximum atomic E-state index is 6.07. The van der Waals surface area contributed by atoms with Crippen molar-refractivity contribution >= 4 is 17.3 Å². The van der Waals surface area contributed by atoms with Crippen LogP contribution in [-0.4, -0.2) is 0 Å². The third-order valence-corrected chi connectivity index (χ3v) is 3.05. The highest BCUT2D eigenvalue weighted by Gasteiger charge is 2.04. The van der Waals surface area contributed by atoms with Crippen LogP contribution >= 0.6 is 11.6 Å². The van der Waals surface area contributed by atoms with E-state index in [0.29, 0.717) is 22.4 Å². The van der Waals surface area contributed by atoms with Crippen molar-refractivity contribution in [1.29, 1.82) is 0 Å². The lowest BCUT2D eigenvalue weighted by Gasteiger charge is -2.09. The number of nitrogen functional groups attached to an aromatic ring is 1. The number of halogens is 1. The van der Waals surface area contributed by atoms with E-state index in [-0.39, 0.29) is 0 Å². The van der Waals surface area contributed by atoms with Crippen LogP contribution in [0.15, 0.2) is 42.5 Å². The Balaban J connectivity index is 2.10. The van der Waals surface area contributed by atoms with Crippen LogP contribution in [0.25, 0.3) is 0 Å². The Morgan fingerprint density at radius 1 is 1.11 bits per heavy atom. The van der Waals surface area contributed by atoms with Crippen molar-refractivity contribution < 1.29 is 4.74 Å². The predicted octanol–water partition coefficient (Wildman–Crippen LogP) is 4.91. The third kappa shape index (κ3) is 3.90. The molecule has 0 fully saturated rings. The van der Waals surface area contributed by atoms with E-state index in [1.165, 1.54) is 5.56 Å². The first-order valence-electron chi connectivity index (χ1n) is 6.36. The summed E-state index contributed by atoms with van der Waals surface area (Å²) in [5.41, 5.74) is 7.59. The van der Waals surface area contributed by atoms with E-state index in [1.807, 2.05) is 12.1 Å². The minimum absolute atomic E-state index is 0.520. The van der Waals surface area contributed by atoms with Crippen molar-refractivity contribution in [3.8, 4) is 11.5 Å². The first-order chi connectivity index (χ1) is 9.04. The largest absolute Gasteiger partial charge is 0.456 e. The molecule has 0 saturated carbocycles. The Bertz CT molecular complexity index is 549. The summed E-state index contributed by atoms with van der Waals surface area (Å²) in [6.07, 6.45) is 1.07. The molecule has 0 bridgehead atoms. The fourth-order valence-electron chi connectivity index (χ4n) is 1.89. The van der Waals surface area contributed by atoms with Crippen LogP contribution in [0.4, 0.5) is 5.69 Å². The van der Waals surface area contributed by atoms with Crippen LogP contribution in [0.2, 0.25) is 5.02 Å². The van der Waals surface area contributed by atoms with E-state index in [4.69, 9.17) is 22.1 Å². The zero-order chi connectivity index (χ0) is 13.8. The van der Waals surface area contributed by atoms with Crippen molar-refractivity contribution in [2.24, 2.45) is 5.92 Å². The zero-order valence-corrected chi connectivity index (χ0v) is 11.9. The zero-order valence-electron chi connectivity index (χ0n) is 11.2. The molecule has 2 aromatic rings. The number of ether oxygens (including phenoxy) is 1. The molecule has 0 heterocycles. The number of rotatable bonds is 4. The van der Waals surface area contributed by atoms with E-state index in [0.717, 1.165) is 12.2 Å². The summed E-state index contributed by atoms with van der Waals surface area (Å²) in [6.45, 7) is 4.41. The number of nitrogens with two attached hydrogens (primary N) is 1. The lowest BCUT2D eigenvalue weighted by atomic mass is 10.0. The molecule has 100 valence electrons. The van der Waals surface area contributed by atoms with Gasteiger partial charge in [0.05, 0.1) is 5.02 Å². The summed E-state index contributed by atoms with van der Waals surface area (Å²) in [7, 11) is 0. The van der Waals surface area contributed by atoms with Crippen molar-refractivity contribution in [3.05, 3.63) is 53.1 Å². The highest BCUT2D eigenvalue weighted by atomic mass is 35.5. The van der Waals surface area contributed by atoms with Gasteiger partial charge >= 0.3 is 0 Å². The average molecular weight is 276 g/mol. The van der Waals surface area contributed by atoms with Crippen LogP contribution < -0.4 is 10.5 Å². The van der Waals surface area contributed by atoms with Crippen LogP contribution in [0.3, 0.4) is 0 Å². The maximum Gasteiger partial charge on any atom is 0.146 e. The molecule has 2 aromatic carbocycles. The van der Waals surface area contributed by atoms with Crippen molar-refractivity contribution in [2.75, 3.05) is 5.73 Å². The fraction of sp³-hybridized carbons (Fsp3) is 0.250. The second kappa shape index (κ2) is 5.98. The van der Waals surface area contributed by atoms with Gasteiger partial charge in [0.25, 0.3) is 0 Å². The summed E-state index contributed by atoms with van der Waals surface area (Å²) in [5, 5.41) is 0.520. The topological polar surface area (TPSA) is 35.2 Å². The molecular formula is C16H18ClNO. The van der Waals surface area contributed by atoms with E-state index >= 15 is 0 Å². The molecule has 0 spiro atoms. The Kier molecular flexibility index (Phi) is 4.33. The first kappa shape index (κ1) is 13.8. The molecule has 0 aliphatic heterocycles. The molecule has 3 heteroatoms. The Morgan fingerprint density at radius 3 is 2.37 bits per heavy atom. The molecule has 0 radical (unpaired) electrons. The van der Waals surface area contributed by atoms with E-state index in [9.17, 15) is 0 Å². The SMILES string of the molecule is CC(C)Cc1ccc(Oc2ccc(N)cc2Cl)cc1. The lowest BCUT2D eigenvalue weighted by molar-refractivity contribution is 0.482. The normalized spacial score (nSPS) is 10.7. The van der Waals surface area contributed by atoms with Gasteiger partial charge in [-0.1, -0.05) is 37.6 Å². The standard InChI is InChI=1S/C16H18ClNO/c1-11(2)9-12-3-6-14(7-4-12)19-16-8-5-13(18)10-15(16)17/h3-8,10-11H,9,18H2,1-2H3. The number of benzene rings is 2. The van der Waals surface area contributed by atoms with Crippen LogP contribution in [0.5, 0.6) is 11.5 Å². The van der Waals surface area contributed by atoms with Gasteiger partial charge in [0.1, 0.15) is 11.5 Å². The number of hydrogen-bond acceptors (Lipinski definition) is 2. The average Bonchev–Trinajstić information content (AvgIpc) is 2.34. The summed E-state index contributed by atoms with van der Waals surface area (Å²) in [5.74, 6) is 2.05. The second-order valence-corrected chi connectivity index (χ2v) is 5.44. The Hall–Kier alpha value is -1.67. The minimum atomic E-state index is 0.520. The molecule has 0 aliphatic rings. The van der Waals surface area contributed by atoms with Gasteiger partial charge in [-0.2, -0.15) is 0 Å². The summed E-state index contributed by atoms with van der Waals surface area (Å²) in [6, 6.07) is 13.3. The molecule has 2 nitrogen and oxygen atoms in total. The molecule has 0 atom stereocenters. The third-order valence-electron chi connectivity index (χ3n) is 2.75. The number of hydrogen-bond donors (Lipinski definition) is 1. The van der Waals surface area contributed by atoms with Gasteiger partial charge in [-0.15, -0.1) is 0 Å². The van der Waals surface area contributed by atoms with Gasteiger partial charge in [-0.25, -0.2) is 0 Å². The monoisotopic (exact) mass is 275 g/mol. The quantitative estimate of drug-likeness (QED) is 0.805. The molecule has 0 unspecified atom stereocenters. The Labute approximate surface area is 119 Å². The van der Waals surface area contributed by atoms with Gasteiger partial charge in [0.15, 0.2) is 0 Å². The van der Waals surface area contributed by atoms with Gasteiger partial charge < -0.3 is 10.5 Å². The minimum Gasteiger partial charge on any atom is -0.456 e.